The normalized spacial score (nSPS) is 11.3. The molecular weight excluding hydrogens is 361 g/mol. The molecule has 0 unspecified atom stereocenters. The van der Waals surface area contributed by atoms with E-state index in [1.165, 1.54) is 21.9 Å². The van der Waals surface area contributed by atoms with E-state index in [9.17, 15) is 0 Å². The Bertz CT molecular complexity index is 838. The molecule has 4 aromatic rings. The molecular formula is C28H32BN. The smallest absolute Gasteiger partial charge is 0.108 e. The van der Waals surface area contributed by atoms with Crippen molar-refractivity contribution in [1.29, 1.82) is 0 Å². The average Bonchev–Trinajstić information content (AvgIpc) is 2.76. The lowest BCUT2D eigenvalue weighted by molar-refractivity contribution is -0.849. The molecule has 0 bridgehead atoms. The molecule has 1 nitrogen and oxygen atoms in total. The highest BCUT2D eigenvalue weighted by Crippen LogP contribution is 2.09. The first kappa shape index (κ1) is 21.6. The molecule has 0 saturated heterocycles. The maximum Gasteiger partial charge on any atom is 0.108 e. The Hall–Kier alpha value is -3.10. The van der Waals surface area contributed by atoms with Crippen molar-refractivity contribution < 1.29 is 4.48 Å². The zero-order valence-corrected chi connectivity index (χ0v) is 18.6. The third-order valence-corrected chi connectivity index (χ3v) is 5.20. The highest BCUT2D eigenvalue weighted by atomic mass is 15.2. The van der Waals surface area contributed by atoms with Crippen molar-refractivity contribution in [2.45, 2.75) is 0 Å². The largest absolute Gasteiger partial charge is 0.333 e. The van der Waals surface area contributed by atoms with Crippen LogP contribution in [-0.2, 0) is 0 Å². The maximum absolute atomic E-state index is 2.26. The van der Waals surface area contributed by atoms with Crippen molar-refractivity contribution >= 4 is 28.0 Å². The van der Waals surface area contributed by atoms with Crippen LogP contribution in [0.5, 0.6) is 0 Å². The molecule has 0 saturated carbocycles. The molecule has 0 aromatic heterocycles. The van der Waals surface area contributed by atoms with Crippen LogP contribution >= 0.6 is 0 Å². The summed E-state index contributed by atoms with van der Waals surface area (Å²) >= 11 is 0. The van der Waals surface area contributed by atoms with Crippen LogP contribution in [0.15, 0.2) is 121 Å². The van der Waals surface area contributed by atoms with E-state index in [-0.39, 0.29) is 0 Å². The van der Waals surface area contributed by atoms with Crippen molar-refractivity contribution in [3.05, 3.63) is 121 Å². The molecule has 2 heteroatoms. The van der Waals surface area contributed by atoms with Gasteiger partial charge in [-0.05, 0) is 0 Å². The first-order valence-corrected chi connectivity index (χ1v) is 10.6. The van der Waals surface area contributed by atoms with Crippen LogP contribution in [0.4, 0.5) is 0 Å². The molecule has 4 rings (SSSR count). The van der Waals surface area contributed by atoms with E-state index in [1.807, 2.05) is 0 Å². The average molecular weight is 393 g/mol. The molecule has 0 fully saturated rings. The Morgan fingerprint density at radius 1 is 0.367 bits per heavy atom. The van der Waals surface area contributed by atoms with Crippen LogP contribution in [0.3, 0.4) is 0 Å². The van der Waals surface area contributed by atoms with Crippen molar-refractivity contribution in [2.75, 3.05) is 28.2 Å². The Kier molecular flexibility index (Phi) is 6.92. The molecule has 0 atom stereocenters. The van der Waals surface area contributed by atoms with E-state index in [4.69, 9.17) is 0 Å². The quantitative estimate of drug-likeness (QED) is 0.368. The number of rotatable bonds is 4. The summed E-state index contributed by atoms with van der Waals surface area (Å²) in [5.41, 5.74) is 5.36. The van der Waals surface area contributed by atoms with Gasteiger partial charge in [0, 0.05) is 0 Å². The molecule has 0 aliphatic carbocycles. The lowest BCUT2D eigenvalue weighted by Gasteiger charge is -2.44. The summed E-state index contributed by atoms with van der Waals surface area (Å²) in [6.07, 6.45) is -1.22. The number of benzene rings is 4. The van der Waals surface area contributed by atoms with Crippen LogP contribution in [0.25, 0.3) is 0 Å². The summed E-state index contributed by atoms with van der Waals surface area (Å²) in [7, 11) is 8.50. The minimum Gasteiger partial charge on any atom is -0.333 e. The molecule has 30 heavy (non-hydrogen) atoms. The van der Waals surface area contributed by atoms with E-state index in [1.54, 1.807) is 0 Å². The number of hydrogen-bond donors (Lipinski definition) is 0. The van der Waals surface area contributed by atoms with Gasteiger partial charge in [-0.2, -0.15) is 21.9 Å². The summed E-state index contributed by atoms with van der Waals surface area (Å²) in [6, 6.07) is 43.5. The second-order valence-electron chi connectivity index (χ2n) is 9.19. The topological polar surface area (TPSA) is 0 Å². The first-order chi connectivity index (χ1) is 14.4. The van der Waals surface area contributed by atoms with E-state index in [0.29, 0.717) is 0 Å². The summed E-state index contributed by atoms with van der Waals surface area (Å²) in [6.45, 7) is 0. The standard InChI is InChI=1S/C24H20B.C4H12N/c1-5-13-21(14-6-1)25(22-15-7-2-8-16-22,23-17-9-3-10-18-23)24-19-11-4-12-20-24;1-5(2,3)4/h1-20H;1-4H3/q-1;+1. The van der Waals surface area contributed by atoms with Gasteiger partial charge in [0.15, 0.2) is 0 Å². The second-order valence-corrected chi connectivity index (χ2v) is 9.19. The highest BCUT2D eigenvalue weighted by molar-refractivity contribution is 7.19. The molecule has 0 heterocycles. The van der Waals surface area contributed by atoms with Crippen molar-refractivity contribution in [3.8, 4) is 0 Å². The summed E-state index contributed by atoms with van der Waals surface area (Å²) in [5.74, 6) is 0. The van der Waals surface area contributed by atoms with Crippen LogP contribution in [0.1, 0.15) is 0 Å². The Labute approximate surface area is 182 Å². The fourth-order valence-electron chi connectivity index (χ4n) is 4.12. The minimum atomic E-state index is -1.22. The van der Waals surface area contributed by atoms with Gasteiger partial charge >= 0.3 is 0 Å². The van der Waals surface area contributed by atoms with Crippen LogP contribution in [-0.4, -0.2) is 38.8 Å². The van der Waals surface area contributed by atoms with Crippen molar-refractivity contribution in [2.24, 2.45) is 0 Å². The van der Waals surface area contributed by atoms with Crippen LogP contribution < -0.4 is 21.9 Å². The monoisotopic (exact) mass is 393 g/mol. The van der Waals surface area contributed by atoms with E-state index in [0.717, 1.165) is 4.48 Å². The van der Waals surface area contributed by atoms with Gasteiger partial charge in [0.1, 0.15) is 6.15 Å². The van der Waals surface area contributed by atoms with Gasteiger partial charge in [0.25, 0.3) is 0 Å². The van der Waals surface area contributed by atoms with Gasteiger partial charge in [0.2, 0.25) is 0 Å². The van der Waals surface area contributed by atoms with Crippen LogP contribution in [0.2, 0.25) is 0 Å². The summed E-state index contributed by atoms with van der Waals surface area (Å²) < 4.78 is 1.00. The number of nitrogens with zero attached hydrogens (tertiary/aromatic N) is 1. The Morgan fingerprint density at radius 3 is 0.700 bits per heavy atom. The van der Waals surface area contributed by atoms with Gasteiger partial charge in [-0.3, -0.25) is 0 Å². The van der Waals surface area contributed by atoms with Gasteiger partial charge in [-0.1, -0.05) is 121 Å². The molecule has 0 aliphatic heterocycles. The van der Waals surface area contributed by atoms with E-state index < -0.39 is 6.15 Å². The predicted molar refractivity (Wildman–Crippen MR) is 134 cm³/mol. The Balaban J connectivity index is 0.000000461. The zero-order valence-electron chi connectivity index (χ0n) is 18.6. The van der Waals surface area contributed by atoms with Gasteiger partial charge in [0.05, 0.1) is 28.2 Å². The molecule has 0 spiro atoms. The number of hydrogen-bond acceptors (Lipinski definition) is 0. The van der Waals surface area contributed by atoms with E-state index in [2.05, 4.69) is 150 Å². The molecule has 0 aliphatic rings. The first-order valence-electron chi connectivity index (χ1n) is 10.6. The van der Waals surface area contributed by atoms with Gasteiger partial charge in [-0.25, -0.2) is 0 Å². The molecule has 4 aromatic carbocycles. The Morgan fingerprint density at radius 2 is 0.533 bits per heavy atom. The van der Waals surface area contributed by atoms with Gasteiger partial charge < -0.3 is 4.48 Å². The zero-order chi connectivity index (χ0) is 21.5. The van der Waals surface area contributed by atoms with Crippen LogP contribution in [0, 0.1) is 0 Å². The third-order valence-electron chi connectivity index (χ3n) is 5.20. The summed E-state index contributed by atoms with van der Waals surface area (Å²) in [4.78, 5) is 0. The number of quaternary nitrogens is 1. The fraction of sp³-hybridized carbons (Fsp3) is 0.143. The van der Waals surface area contributed by atoms with Crippen molar-refractivity contribution in [1.82, 2.24) is 0 Å². The van der Waals surface area contributed by atoms with Crippen molar-refractivity contribution in [3.63, 3.8) is 0 Å². The molecule has 0 radical (unpaired) electrons. The fourth-order valence-corrected chi connectivity index (χ4v) is 4.12. The lowest BCUT2D eigenvalue weighted by Crippen LogP contribution is -2.74. The van der Waals surface area contributed by atoms with E-state index >= 15 is 0 Å². The third kappa shape index (κ3) is 5.08. The summed E-state index contributed by atoms with van der Waals surface area (Å²) in [5, 5.41) is 0. The predicted octanol–water partition coefficient (Wildman–Crippen LogP) is 3.39. The second kappa shape index (κ2) is 9.60. The molecule has 0 amide bonds. The maximum atomic E-state index is 2.26. The lowest BCUT2D eigenvalue weighted by atomic mass is 9.13. The van der Waals surface area contributed by atoms with Gasteiger partial charge in [-0.15, -0.1) is 0 Å². The SMILES string of the molecule is C[N+](C)(C)C.c1ccc([B-](c2ccccc2)(c2ccccc2)c2ccccc2)cc1. The highest BCUT2D eigenvalue weighted by Gasteiger charge is 2.30. The minimum absolute atomic E-state index is 1.00. The molecule has 152 valence electrons. The molecule has 0 N–H and O–H groups in total.